The quantitative estimate of drug-likeness (QED) is 0.845. The number of methoxy groups -OCH3 is 1. The molecular formula is C17H23N3O2S. The van der Waals surface area contributed by atoms with Crippen LogP contribution in [0.15, 0.2) is 29.6 Å². The minimum absolute atomic E-state index is 0.00922. The third-order valence-corrected chi connectivity index (χ3v) is 4.43. The lowest BCUT2D eigenvalue weighted by molar-refractivity contribution is -0.120. The fourth-order valence-electron chi connectivity index (χ4n) is 2.37. The van der Waals surface area contributed by atoms with Crippen LogP contribution < -0.4 is 10.1 Å². The van der Waals surface area contributed by atoms with Crippen molar-refractivity contribution in [2.24, 2.45) is 0 Å². The van der Waals surface area contributed by atoms with Crippen molar-refractivity contribution in [3.8, 4) is 5.75 Å². The van der Waals surface area contributed by atoms with Gasteiger partial charge in [-0.05, 0) is 38.7 Å². The third kappa shape index (κ3) is 5.04. The van der Waals surface area contributed by atoms with Crippen molar-refractivity contribution in [1.29, 1.82) is 0 Å². The molecule has 5 nitrogen and oxygen atoms in total. The Morgan fingerprint density at radius 2 is 2.22 bits per heavy atom. The summed E-state index contributed by atoms with van der Waals surface area (Å²) < 4.78 is 5.28. The molecule has 2 rings (SSSR count). The van der Waals surface area contributed by atoms with Crippen molar-refractivity contribution in [2.75, 3.05) is 27.7 Å². The number of nitrogens with one attached hydrogen (secondary N) is 1. The Kier molecular flexibility index (Phi) is 6.12. The number of aromatic nitrogens is 1. The molecule has 1 atom stereocenters. The van der Waals surface area contributed by atoms with E-state index >= 15 is 0 Å². The molecule has 0 saturated heterocycles. The average molecular weight is 333 g/mol. The largest absolute Gasteiger partial charge is 0.497 e. The van der Waals surface area contributed by atoms with Crippen LogP contribution in [0.25, 0.3) is 0 Å². The van der Waals surface area contributed by atoms with E-state index in [0.29, 0.717) is 13.0 Å². The van der Waals surface area contributed by atoms with Gasteiger partial charge in [0, 0.05) is 11.9 Å². The number of carbonyl (C=O) groups excluding carboxylic acids is 1. The van der Waals surface area contributed by atoms with Crippen LogP contribution in [0.1, 0.15) is 22.3 Å². The molecule has 0 radical (unpaired) electrons. The van der Waals surface area contributed by atoms with Crippen LogP contribution in [0.4, 0.5) is 0 Å². The highest BCUT2D eigenvalue weighted by Crippen LogP contribution is 2.22. The van der Waals surface area contributed by atoms with Gasteiger partial charge < -0.3 is 15.0 Å². The van der Waals surface area contributed by atoms with E-state index in [4.69, 9.17) is 4.74 Å². The van der Waals surface area contributed by atoms with Gasteiger partial charge in [0.2, 0.25) is 5.91 Å². The maximum absolute atomic E-state index is 12.1. The SMILES string of the molecule is COc1cccc(C(CNC(=O)Cc2csc(C)n2)N(C)C)c1. The molecule has 2 aromatic rings. The van der Waals surface area contributed by atoms with Crippen LogP contribution in [-0.4, -0.2) is 43.5 Å². The maximum Gasteiger partial charge on any atom is 0.226 e. The number of thiazole rings is 1. The standard InChI is InChI=1S/C17H23N3O2S/c1-12-19-14(11-23-12)9-17(21)18-10-16(20(2)3)13-6-5-7-15(8-13)22-4/h5-8,11,16H,9-10H2,1-4H3,(H,18,21). The Balaban J connectivity index is 1.98. The number of amides is 1. The molecule has 124 valence electrons. The molecule has 0 spiro atoms. The fourth-order valence-corrected chi connectivity index (χ4v) is 2.99. The monoisotopic (exact) mass is 333 g/mol. The second-order valence-electron chi connectivity index (χ2n) is 5.59. The van der Waals surface area contributed by atoms with Gasteiger partial charge in [0.15, 0.2) is 0 Å². The minimum Gasteiger partial charge on any atom is -0.497 e. The van der Waals surface area contributed by atoms with Gasteiger partial charge in [-0.3, -0.25) is 4.79 Å². The first-order chi connectivity index (χ1) is 11.0. The highest BCUT2D eigenvalue weighted by molar-refractivity contribution is 7.09. The molecule has 6 heteroatoms. The number of benzene rings is 1. The van der Waals surface area contributed by atoms with Crippen LogP contribution in [-0.2, 0) is 11.2 Å². The number of likely N-dealkylation sites (N-methyl/N-ethyl adjacent to an activating group) is 1. The van der Waals surface area contributed by atoms with E-state index in [2.05, 4.69) is 15.2 Å². The van der Waals surface area contributed by atoms with Crippen molar-refractivity contribution >= 4 is 17.2 Å². The smallest absolute Gasteiger partial charge is 0.226 e. The predicted octanol–water partition coefficient (Wildman–Crippen LogP) is 2.42. The van der Waals surface area contributed by atoms with Gasteiger partial charge in [0.1, 0.15) is 5.75 Å². The minimum atomic E-state index is -0.00922. The Hall–Kier alpha value is -1.92. The lowest BCUT2D eigenvalue weighted by Gasteiger charge is -2.25. The first-order valence-electron chi connectivity index (χ1n) is 7.47. The highest BCUT2D eigenvalue weighted by atomic mass is 32.1. The summed E-state index contributed by atoms with van der Waals surface area (Å²) in [4.78, 5) is 18.5. The summed E-state index contributed by atoms with van der Waals surface area (Å²) in [5.74, 6) is 0.809. The molecule has 1 unspecified atom stereocenters. The van der Waals surface area contributed by atoms with Gasteiger partial charge in [-0.25, -0.2) is 4.98 Å². The molecule has 1 heterocycles. The van der Waals surface area contributed by atoms with Crippen molar-refractivity contribution < 1.29 is 9.53 Å². The molecule has 23 heavy (non-hydrogen) atoms. The lowest BCUT2D eigenvalue weighted by Crippen LogP contribution is -2.35. The van der Waals surface area contributed by atoms with Crippen LogP contribution in [0.2, 0.25) is 0 Å². The number of hydrogen-bond acceptors (Lipinski definition) is 5. The molecule has 1 aromatic carbocycles. The summed E-state index contributed by atoms with van der Waals surface area (Å²) >= 11 is 1.56. The Bertz CT molecular complexity index is 655. The van der Waals surface area contributed by atoms with Crippen molar-refractivity contribution in [2.45, 2.75) is 19.4 Å². The summed E-state index contributed by atoms with van der Waals surface area (Å²) in [5.41, 5.74) is 1.94. The van der Waals surface area contributed by atoms with Gasteiger partial charge in [-0.2, -0.15) is 0 Å². The maximum atomic E-state index is 12.1. The van der Waals surface area contributed by atoms with Crippen LogP contribution >= 0.6 is 11.3 Å². The van der Waals surface area contributed by atoms with Gasteiger partial charge in [0.05, 0.1) is 30.3 Å². The average Bonchev–Trinajstić information content (AvgIpc) is 2.92. The number of nitrogens with zero attached hydrogens (tertiary/aromatic N) is 2. The molecule has 0 fully saturated rings. The lowest BCUT2D eigenvalue weighted by atomic mass is 10.1. The zero-order chi connectivity index (χ0) is 16.8. The van der Waals surface area contributed by atoms with Crippen LogP contribution in [0.5, 0.6) is 5.75 Å². The Labute approximate surface area is 141 Å². The van der Waals surface area contributed by atoms with Crippen molar-refractivity contribution in [3.05, 3.63) is 45.9 Å². The number of hydrogen-bond donors (Lipinski definition) is 1. The van der Waals surface area contributed by atoms with Crippen LogP contribution in [0, 0.1) is 6.92 Å². The van der Waals surface area contributed by atoms with Gasteiger partial charge in [0.25, 0.3) is 0 Å². The summed E-state index contributed by atoms with van der Waals surface area (Å²) in [5, 5.41) is 5.91. The van der Waals surface area contributed by atoms with E-state index in [0.717, 1.165) is 22.0 Å². The molecule has 0 aliphatic heterocycles. The van der Waals surface area contributed by atoms with Crippen molar-refractivity contribution in [3.63, 3.8) is 0 Å². The summed E-state index contributed by atoms with van der Waals surface area (Å²) in [6, 6.07) is 8.01. The van der Waals surface area contributed by atoms with Gasteiger partial charge >= 0.3 is 0 Å². The third-order valence-electron chi connectivity index (χ3n) is 3.60. The Morgan fingerprint density at radius 1 is 1.43 bits per heavy atom. The first kappa shape index (κ1) is 17.4. The second kappa shape index (κ2) is 8.08. The number of carbonyl (C=O) groups is 1. The normalized spacial score (nSPS) is 12.2. The number of ether oxygens (including phenoxy) is 1. The molecule has 0 bridgehead atoms. The zero-order valence-electron chi connectivity index (χ0n) is 14.0. The molecule has 1 amide bonds. The summed E-state index contributed by atoms with van der Waals surface area (Å²) in [6.45, 7) is 2.49. The molecule has 0 saturated carbocycles. The van der Waals surface area contributed by atoms with E-state index in [1.54, 1.807) is 18.4 Å². The van der Waals surface area contributed by atoms with E-state index in [1.807, 2.05) is 50.7 Å². The molecule has 0 aliphatic carbocycles. The molecule has 1 aromatic heterocycles. The van der Waals surface area contributed by atoms with E-state index in [1.165, 1.54) is 0 Å². The van der Waals surface area contributed by atoms with E-state index in [9.17, 15) is 4.79 Å². The first-order valence-corrected chi connectivity index (χ1v) is 8.35. The Morgan fingerprint density at radius 3 is 2.83 bits per heavy atom. The number of aryl methyl sites for hydroxylation is 1. The number of rotatable bonds is 7. The highest BCUT2D eigenvalue weighted by Gasteiger charge is 2.16. The van der Waals surface area contributed by atoms with E-state index < -0.39 is 0 Å². The predicted molar refractivity (Wildman–Crippen MR) is 93.0 cm³/mol. The van der Waals surface area contributed by atoms with E-state index in [-0.39, 0.29) is 11.9 Å². The van der Waals surface area contributed by atoms with Gasteiger partial charge in [-0.1, -0.05) is 12.1 Å². The zero-order valence-corrected chi connectivity index (χ0v) is 14.8. The molecular weight excluding hydrogens is 310 g/mol. The molecule has 0 aliphatic rings. The van der Waals surface area contributed by atoms with Gasteiger partial charge in [-0.15, -0.1) is 11.3 Å². The summed E-state index contributed by atoms with van der Waals surface area (Å²) in [7, 11) is 5.65. The van der Waals surface area contributed by atoms with Crippen molar-refractivity contribution in [1.82, 2.24) is 15.2 Å². The topological polar surface area (TPSA) is 54.5 Å². The molecule has 1 N–H and O–H groups in total. The van der Waals surface area contributed by atoms with Crippen LogP contribution in [0.3, 0.4) is 0 Å². The second-order valence-corrected chi connectivity index (χ2v) is 6.66. The fraction of sp³-hybridized carbons (Fsp3) is 0.412. The summed E-state index contributed by atoms with van der Waals surface area (Å²) in [6.07, 6.45) is 0.322.